The maximum Gasteiger partial charge on any atom is 0.325 e. The van der Waals surface area contributed by atoms with Crippen molar-refractivity contribution in [1.29, 1.82) is 0 Å². The molecule has 1 atom stereocenters. The first-order chi connectivity index (χ1) is 9.25. The summed E-state index contributed by atoms with van der Waals surface area (Å²) >= 11 is 0. The van der Waals surface area contributed by atoms with Crippen molar-refractivity contribution in [2.24, 2.45) is 0 Å². The van der Waals surface area contributed by atoms with E-state index in [1.807, 2.05) is 35.2 Å². The second kappa shape index (κ2) is 4.97. The third-order valence-corrected chi connectivity index (χ3v) is 3.68. The van der Waals surface area contributed by atoms with Crippen LogP contribution in [0, 0.1) is 0 Å². The van der Waals surface area contributed by atoms with E-state index in [9.17, 15) is 9.90 Å². The molecule has 0 bridgehead atoms. The van der Waals surface area contributed by atoms with Crippen molar-refractivity contribution in [2.45, 2.75) is 18.9 Å². The molecule has 1 N–H and O–H groups in total. The van der Waals surface area contributed by atoms with Gasteiger partial charge in [-0.1, -0.05) is 12.1 Å². The minimum absolute atomic E-state index is 0.535. The molecule has 1 unspecified atom stereocenters. The fraction of sp³-hybridized carbons (Fsp3) is 0.333. The maximum absolute atomic E-state index is 11.6. The average Bonchev–Trinajstić information content (AvgIpc) is 2.92. The van der Waals surface area contributed by atoms with Crippen LogP contribution in [-0.2, 0) is 4.79 Å². The van der Waals surface area contributed by atoms with Gasteiger partial charge in [-0.15, -0.1) is 0 Å². The molecule has 2 heterocycles. The zero-order chi connectivity index (χ0) is 13.2. The smallest absolute Gasteiger partial charge is 0.325 e. The van der Waals surface area contributed by atoms with E-state index in [4.69, 9.17) is 0 Å². The first kappa shape index (κ1) is 12.1. The van der Waals surface area contributed by atoms with Gasteiger partial charge in [0.2, 0.25) is 0 Å². The van der Waals surface area contributed by atoms with Crippen LogP contribution in [0.25, 0.3) is 10.9 Å². The summed E-state index contributed by atoms with van der Waals surface area (Å²) in [5.41, 5.74) is 1.74. The standard InChI is InChI=1S/C15H16N2O2/c18-15(19)14(17-8-1-2-9-17)12-5-6-13-11(10-12)4-3-7-16-13/h3-7,10,14H,1-2,8-9H2,(H,18,19). The van der Waals surface area contributed by atoms with Gasteiger partial charge in [0.1, 0.15) is 6.04 Å². The Kier molecular flexibility index (Phi) is 3.17. The number of pyridine rings is 1. The number of likely N-dealkylation sites (tertiary alicyclic amines) is 1. The first-order valence-corrected chi connectivity index (χ1v) is 6.57. The van der Waals surface area contributed by atoms with Crippen molar-refractivity contribution in [3.8, 4) is 0 Å². The number of hydrogen-bond acceptors (Lipinski definition) is 3. The first-order valence-electron chi connectivity index (χ1n) is 6.57. The molecule has 4 heteroatoms. The summed E-state index contributed by atoms with van der Waals surface area (Å²) in [6.45, 7) is 1.73. The van der Waals surface area contributed by atoms with Gasteiger partial charge in [0.25, 0.3) is 0 Å². The maximum atomic E-state index is 11.6. The van der Waals surface area contributed by atoms with Crippen LogP contribution < -0.4 is 0 Å². The average molecular weight is 256 g/mol. The lowest BCUT2D eigenvalue weighted by atomic mass is 10.0. The topological polar surface area (TPSA) is 53.4 Å². The number of benzene rings is 1. The van der Waals surface area contributed by atoms with Gasteiger partial charge in [0.05, 0.1) is 5.52 Å². The van der Waals surface area contributed by atoms with Crippen LogP contribution in [0.4, 0.5) is 0 Å². The van der Waals surface area contributed by atoms with Crippen LogP contribution in [0.5, 0.6) is 0 Å². The normalized spacial score (nSPS) is 17.7. The number of fused-ring (bicyclic) bond motifs is 1. The van der Waals surface area contributed by atoms with Crippen molar-refractivity contribution >= 4 is 16.9 Å². The summed E-state index contributed by atoms with van der Waals surface area (Å²) in [4.78, 5) is 17.9. The van der Waals surface area contributed by atoms with Gasteiger partial charge >= 0.3 is 5.97 Å². The van der Waals surface area contributed by atoms with Crippen molar-refractivity contribution < 1.29 is 9.90 Å². The highest BCUT2D eigenvalue weighted by molar-refractivity contribution is 5.82. The molecule has 0 spiro atoms. The van der Waals surface area contributed by atoms with Gasteiger partial charge in [0, 0.05) is 11.6 Å². The van der Waals surface area contributed by atoms with Crippen molar-refractivity contribution in [2.75, 3.05) is 13.1 Å². The number of hydrogen-bond donors (Lipinski definition) is 1. The zero-order valence-corrected chi connectivity index (χ0v) is 10.6. The molecule has 1 aromatic carbocycles. The number of nitrogens with zero attached hydrogens (tertiary/aromatic N) is 2. The van der Waals surface area contributed by atoms with Crippen LogP contribution in [0.1, 0.15) is 24.4 Å². The van der Waals surface area contributed by atoms with Crippen LogP contribution in [-0.4, -0.2) is 34.0 Å². The molecule has 1 fully saturated rings. The fourth-order valence-corrected chi connectivity index (χ4v) is 2.77. The highest BCUT2D eigenvalue weighted by Gasteiger charge is 2.29. The Morgan fingerprint density at radius 3 is 2.79 bits per heavy atom. The second-order valence-electron chi connectivity index (χ2n) is 4.94. The molecular formula is C15H16N2O2. The second-order valence-corrected chi connectivity index (χ2v) is 4.94. The van der Waals surface area contributed by atoms with Crippen LogP contribution >= 0.6 is 0 Å². The van der Waals surface area contributed by atoms with Crippen molar-refractivity contribution in [3.05, 3.63) is 42.1 Å². The molecule has 1 aliphatic rings. The highest BCUT2D eigenvalue weighted by Crippen LogP contribution is 2.27. The number of rotatable bonds is 3. The van der Waals surface area contributed by atoms with E-state index in [1.165, 1.54) is 0 Å². The molecule has 1 aliphatic heterocycles. The van der Waals surface area contributed by atoms with Gasteiger partial charge in [-0.05, 0) is 49.7 Å². The number of carboxylic acid groups (broad SMARTS) is 1. The lowest BCUT2D eigenvalue weighted by Crippen LogP contribution is -2.31. The summed E-state index contributed by atoms with van der Waals surface area (Å²) in [5, 5.41) is 10.5. The molecular weight excluding hydrogens is 240 g/mol. The Hall–Kier alpha value is -1.94. The molecule has 19 heavy (non-hydrogen) atoms. The van der Waals surface area contributed by atoms with Gasteiger partial charge in [0.15, 0.2) is 0 Å². The van der Waals surface area contributed by atoms with E-state index in [1.54, 1.807) is 6.20 Å². The molecule has 0 aliphatic carbocycles. The molecule has 0 amide bonds. The van der Waals surface area contributed by atoms with Gasteiger partial charge in [-0.3, -0.25) is 14.7 Å². The fourth-order valence-electron chi connectivity index (χ4n) is 2.77. The molecule has 0 radical (unpaired) electrons. The Balaban J connectivity index is 2.02. The molecule has 3 rings (SSSR count). The van der Waals surface area contributed by atoms with Crippen LogP contribution in [0.3, 0.4) is 0 Å². The van der Waals surface area contributed by atoms with E-state index >= 15 is 0 Å². The number of aliphatic carboxylic acids is 1. The number of carboxylic acids is 1. The monoisotopic (exact) mass is 256 g/mol. The minimum atomic E-state index is -0.773. The van der Waals surface area contributed by atoms with Gasteiger partial charge in [-0.2, -0.15) is 0 Å². The van der Waals surface area contributed by atoms with Crippen LogP contribution in [0.2, 0.25) is 0 Å². The summed E-state index contributed by atoms with van der Waals surface area (Å²) in [7, 11) is 0. The quantitative estimate of drug-likeness (QED) is 0.916. The lowest BCUT2D eigenvalue weighted by Gasteiger charge is -2.24. The highest BCUT2D eigenvalue weighted by atomic mass is 16.4. The Labute approximate surface area is 111 Å². The van der Waals surface area contributed by atoms with Gasteiger partial charge < -0.3 is 5.11 Å². The van der Waals surface area contributed by atoms with E-state index < -0.39 is 12.0 Å². The number of aromatic nitrogens is 1. The van der Waals surface area contributed by atoms with Gasteiger partial charge in [-0.25, -0.2) is 0 Å². The summed E-state index contributed by atoms with van der Waals surface area (Å²) in [6.07, 6.45) is 3.91. The van der Waals surface area contributed by atoms with Crippen molar-refractivity contribution in [1.82, 2.24) is 9.88 Å². The SMILES string of the molecule is O=C(O)C(c1ccc2ncccc2c1)N1CCCC1. The van der Waals surface area contributed by atoms with E-state index in [0.717, 1.165) is 42.4 Å². The Morgan fingerprint density at radius 1 is 1.26 bits per heavy atom. The Morgan fingerprint density at radius 2 is 2.05 bits per heavy atom. The summed E-state index contributed by atoms with van der Waals surface area (Å²) in [6, 6.07) is 9.03. The summed E-state index contributed by atoms with van der Waals surface area (Å²) < 4.78 is 0. The Bertz CT molecular complexity index is 606. The third-order valence-electron chi connectivity index (χ3n) is 3.68. The minimum Gasteiger partial charge on any atom is -0.480 e. The van der Waals surface area contributed by atoms with E-state index in [-0.39, 0.29) is 0 Å². The van der Waals surface area contributed by atoms with Crippen molar-refractivity contribution in [3.63, 3.8) is 0 Å². The molecule has 4 nitrogen and oxygen atoms in total. The summed E-state index contributed by atoms with van der Waals surface area (Å²) in [5.74, 6) is -0.773. The third kappa shape index (κ3) is 2.31. The molecule has 0 saturated carbocycles. The zero-order valence-electron chi connectivity index (χ0n) is 10.6. The van der Waals surface area contributed by atoms with E-state index in [0.29, 0.717) is 0 Å². The number of carbonyl (C=O) groups is 1. The van der Waals surface area contributed by atoms with E-state index in [2.05, 4.69) is 4.98 Å². The predicted molar refractivity (Wildman–Crippen MR) is 72.9 cm³/mol. The predicted octanol–water partition coefficient (Wildman–Crippen LogP) is 2.46. The molecule has 1 aromatic heterocycles. The molecule has 2 aromatic rings. The lowest BCUT2D eigenvalue weighted by molar-refractivity contribution is -0.143. The largest absolute Gasteiger partial charge is 0.480 e. The molecule has 98 valence electrons. The molecule has 1 saturated heterocycles. The van der Waals surface area contributed by atoms with Crippen LogP contribution in [0.15, 0.2) is 36.5 Å².